The van der Waals surface area contributed by atoms with Gasteiger partial charge in [0.15, 0.2) is 0 Å². The van der Waals surface area contributed by atoms with Crippen molar-refractivity contribution in [2.24, 2.45) is 0 Å². The highest BCUT2D eigenvalue weighted by atomic mass is 32.1. The molecule has 0 aliphatic carbocycles. The Labute approximate surface area is 124 Å². The Morgan fingerprint density at radius 1 is 1.65 bits per heavy atom. The first-order chi connectivity index (χ1) is 9.63. The van der Waals surface area contributed by atoms with Crippen molar-refractivity contribution >= 4 is 11.3 Å². The minimum absolute atomic E-state index is 0.222. The van der Waals surface area contributed by atoms with E-state index in [0.717, 1.165) is 31.0 Å². The highest BCUT2D eigenvalue weighted by Crippen LogP contribution is 2.14. The molecule has 0 unspecified atom stereocenters. The smallest absolute Gasteiger partial charge is 0.0900 e. The van der Waals surface area contributed by atoms with E-state index < -0.39 is 6.10 Å². The molecule has 1 N–H and O–H groups in total. The molecule has 0 bridgehead atoms. The fourth-order valence-electron chi connectivity index (χ4n) is 2.33. The minimum atomic E-state index is -0.463. The van der Waals surface area contributed by atoms with Gasteiger partial charge in [0, 0.05) is 30.8 Å². The van der Waals surface area contributed by atoms with Crippen molar-refractivity contribution in [1.29, 1.82) is 0 Å². The predicted octanol–water partition coefficient (Wildman–Crippen LogP) is 1.44. The number of aliphatic hydroxyl groups excluding tert-OH is 1. The van der Waals surface area contributed by atoms with Crippen molar-refractivity contribution in [3.8, 4) is 0 Å². The quantitative estimate of drug-likeness (QED) is 0.787. The van der Waals surface area contributed by atoms with Crippen LogP contribution < -0.4 is 0 Å². The summed E-state index contributed by atoms with van der Waals surface area (Å²) in [6, 6.07) is 0. The van der Waals surface area contributed by atoms with E-state index in [9.17, 15) is 5.11 Å². The Bertz CT molecular complexity index is 394. The lowest BCUT2D eigenvalue weighted by Crippen LogP contribution is -2.32. The van der Waals surface area contributed by atoms with Crippen molar-refractivity contribution in [3.63, 3.8) is 0 Å². The Morgan fingerprint density at radius 3 is 3.15 bits per heavy atom. The van der Waals surface area contributed by atoms with E-state index in [-0.39, 0.29) is 6.10 Å². The van der Waals surface area contributed by atoms with Gasteiger partial charge in [0.1, 0.15) is 0 Å². The van der Waals surface area contributed by atoms with Gasteiger partial charge in [-0.05, 0) is 26.8 Å². The van der Waals surface area contributed by atoms with Crippen LogP contribution in [0.3, 0.4) is 0 Å². The van der Waals surface area contributed by atoms with Crippen LogP contribution in [-0.4, -0.2) is 60.6 Å². The molecule has 2 heterocycles. The van der Waals surface area contributed by atoms with Gasteiger partial charge in [0.2, 0.25) is 0 Å². The minimum Gasteiger partial charge on any atom is -0.389 e. The predicted molar refractivity (Wildman–Crippen MR) is 79.0 cm³/mol. The molecule has 114 valence electrons. The van der Waals surface area contributed by atoms with Crippen LogP contribution in [0.5, 0.6) is 0 Å². The number of hydrogen-bond donors (Lipinski definition) is 1. The zero-order chi connectivity index (χ0) is 14.4. The summed E-state index contributed by atoms with van der Waals surface area (Å²) in [5.41, 5.74) is 0. The molecule has 0 aromatic carbocycles. The Morgan fingerprint density at radius 2 is 2.50 bits per heavy atom. The molecule has 2 atom stereocenters. The van der Waals surface area contributed by atoms with Gasteiger partial charge in [-0.3, -0.25) is 4.90 Å². The first kappa shape index (κ1) is 15.9. The zero-order valence-electron chi connectivity index (χ0n) is 12.2. The van der Waals surface area contributed by atoms with Gasteiger partial charge in [-0.2, -0.15) is 0 Å². The van der Waals surface area contributed by atoms with Crippen LogP contribution in [0.25, 0.3) is 0 Å². The van der Waals surface area contributed by atoms with Crippen LogP contribution in [0, 0.1) is 6.92 Å². The highest BCUT2D eigenvalue weighted by molar-refractivity contribution is 7.11. The van der Waals surface area contributed by atoms with Gasteiger partial charge in [-0.25, -0.2) is 4.98 Å². The van der Waals surface area contributed by atoms with Crippen LogP contribution in [0.2, 0.25) is 0 Å². The summed E-state index contributed by atoms with van der Waals surface area (Å²) in [5.74, 6) is 0. The van der Waals surface area contributed by atoms with Crippen LogP contribution in [-0.2, 0) is 16.0 Å². The molecule has 1 aliphatic rings. The molecular weight excluding hydrogens is 276 g/mol. The van der Waals surface area contributed by atoms with E-state index in [1.807, 2.05) is 20.2 Å². The average molecular weight is 300 g/mol. The van der Waals surface area contributed by atoms with Crippen LogP contribution in [0.15, 0.2) is 6.20 Å². The molecule has 1 aliphatic heterocycles. The van der Waals surface area contributed by atoms with E-state index >= 15 is 0 Å². The number of hydrogen-bond acceptors (Lipinski definition) is 6. The monoisotopic (exact) mass is 300 g/mol. The lowest BCUT2D eigenvalue weighted by Gasteiger charge is -2.20. The molecule has 0 saturated carbocycles. The standard InChI is InChI=1S/C14H24N2O3S/c1-11-15-6-14(20-11)8-16(2)7-12(17)9-18-10-13-4-3-5-19-13/h6,12-13,17H,3-5,7-10H2,1-2H3/t12-,13+/m1/s1. The largest absolute Gasteiger partial charge is 0.389 e. The first-order valence-corrected chi connectivity index (χ1v) is 7.92. The van der Waals surface area contributed by atoms with Crippen molar-refractivity contribution in [2.45, 2.75) is 38.5 Å². The van der Waals surface area contributed by atoms with Crippen molar-refractivity contribution < 1.29 is 14.6 Å². The second kappa shape index (κ2) is 8.05. The summed E-state index contributed by atoms with van der Waals surface area (Å²) in [7, 11) is 2.00. The van der Waals surface area contributed by atoms with Gasteiger partial charge >= 0.3 is 0 Å². The van der Waals surface area contributed by atoms with E-state index in [1.54, 1.807) is 11.3 Å². The molecule has 1 aromatic heterocycles. The number of rotatable bonds is 8. The molecule has 5 nitrogen and oxygen atoms in total. The number of ether oxygens (including phenoxy) is 2. The molecular formula is C14H24N2O3S. The van der Waals surface area contributed by atoms with Gasteiger partial charge in [0.05, 0.1) is 30.4 Å². The fourth-order valence-corrected chi connectivity index (χ4v) is 3.21. The Hall–Kier alpha value is -0.530. The van der Waals surface area contributed by atoms with Crippen LogP contribution >= 0.6 is 11.3 Å². The summed E-state index contributed by atoms with van der Waals surface area (Å²) in [6.07, 6.45) is 3.85. The Kier molecular flexibility index (Phi) is 6.38. The number of likely N-dealkylation sites (N-methyl/N-ethyl adjacent to an activating group) is 1. The normalized spacial score (nSPS) is 20.7. The maximum atomic E-state index is 9.96. The lowest BCUT2D eigenvalue weighted by atomic mass is 10.2. The molecule has 0 amide bonds. The SMILES string of the molecule is Cc1ncc(CN(C)C[C@@H](O)COC[C@@H]2CCCO2)s1. The number of aryl methyl sites for hydroxylation is 1. The summed E-state index contributed by atoms with van der Waals surface area (Å²) in [5, 5.41) is 11.0. The fraction of sp³-hybridized carbons (Fsp3) is 0.786. The van der Waals surface area contributed by atoms with Crippen LogP contribution in [0.4, 0.5) is 0 Å². The summed E-state index contributed by atoms with van der Waals surface area (Å²) >= 11 is 1.70. The second-order valence-electron chi connectivity index (χ2n) is 5.37. The molecule has 1 aromatic rings. The van der Waals surface area contributed by atoms with Crippen molar-refractivity contribution in [1.82, 2.24) is 9.88 Å². The topological polar surface area (TPSA) is 54.8 Å². The van der Waals surface area contributed by atoms with Crippen molar-refractivity contribution in [3.05, 3.63) is 16.1 Å². The van der Waals surface area contributed by atoms with Gasteiger partial charge in [0.25, 0.3) is 0 Å². The Balaban J connectivity index is 1.59. The molecule has 0 spiro atoms. The third-order valence-corrected chi connectivity index (χ3v) is 4.15. The van der Waals surface area contributed by atoms with E-state index in [2.05, 4.69) is 9.88 Å². The van der Waals surface area contributed by atoms with Crippen LogP contribution in [0.1, 0.15) is 22.7 Å². The summed E-state index contributed by atoms with van der Waals surface area (Å²) in [6.45, 7) is 5.22. The second-order valence-corrected chi connectivity index (χ2v) is 6.69. The van der Waals surface area contributed by atoms with E-state index in [4.69, 9.17) is 9.47 Å². The molecule has 1 saturated heterocycles. The van der Waals surface area contributed by atoms with Crippen molar-refractivity contribution in [2.75, 3.05) is 33.4 Å². The third kappa shape index (κ3) is 5.46. The van der Waals surface area contributed by atoms with Gasteiger partial charge in [-0.1, -0.05) is 0 Å². The molecule has 2 rings (SSSR count). The molecule has 6 heteroatoms. The average Bonchev–Trinajstić information content (AvgIpc) is 3.01. The summed E-state index contributed by atoms with van der Waals surface area (Å²) in [4.78, 5) is 7.54. The number of nitrogens with zero attached hydrogens (tertiary/aromatic N) is 2. The number of thiazole rings is 1. The third-order valence-electron chi connectivity index (χ3n) is 3.26. The molecule has 20 heavy (non-hydrogen) atoms. The maximum Gasteiger partial charge on any atom is 0.0900 e. The number of aliphatic hydroxyl groups is 1. The van der Waals surface area contributed by atoms with E-state index in [1.165, 1.54) is 4.88 Å². The lowest BCUT2D eigenvalue weighted by molar-refractivity contribution is -0.0238. The molecule has 1 fully saturated rings. The highest BCUT2D eigenvalue weighted by Gasteiger charge is 2.16. The zero-order valence-corrected chi connectivity index (χ0v) is 13.1. The van der Waals surface area contributed by atoms with E-state index in [0.29, 0.717) is 19.8 Å². The summed E-state index contributed by atoms with van der Waals surface area (Å²) < 4.78 is 11.0. The number of aromatic nitrogens is 1. The first-order valence-electron chi connectivity index (χ1n) is 7.10. The molecule has 0 radical (unpaired) electrons. The van der Waals surface area contributed by atoms with Gasteiger partial charge in [-0.15, -0.1) is 11.3 Å². The van der Waals surface area contributed by atoms with Gasteiger partial charge < -0.3 is 14.6 Å². The maximum absolute atomic E-state index is 9.96.